The average molecular weight is 521 g/mol. The number of sulfonamides is 1. The standard InChI is InChI=1S/C22H19BrClN3O3S/c1-16-9-11-20(12-10-16)31(29,30)27(19-7-4-6-18(24)13-19)15-22(28)26-25-14-17-5-2-3-8-21(17)23/h2-14H,15H2,1H3,(H,26,28)/b25-14+. The maximum absolute atomic E-state index is 13.3. The van der Waals surface area contributed by atoms with Crippen molar-refractivity contribution in [1.29, 1.82) is 0 Å². The second kappa shape index (κ2) is 10.1. The van der Waals surface area contributed by atoms with Crippen LogP contribution in [-0.2, 0) is 14.8 Å². The van der Waals surface area contributed by atoms with Crippen molar-refractivity contribution in [3.63, 3.8) is 0 Å². The summed E-state index contributed by atoms with van der Waals surface area (Å²) in [6.07, 6.45) is 1.47. The third-order valence-corrected chi connectivity index (χ3v) is 7.04. The summed E-state index contributed by atoms with van der Waals surface area (Å²) in [4.78, 5) is 12.6. The highest BCUT2D eigenvalue weighted by molar-refractivity contribution is 9.10. The normalized spacial score (nSPS) is 11.5. The van der Waals surface area contributed by atoms with Crippen LogP contribution in [-0.4, -0.2) is 27.1 Å². The minimum absolute atomic E-state index is 0.0718. The number of nitrogens with one attached hydrogen (secondary N) is 1. The van der Waals surface area contributed by atoms with E-state index < -0.39 is 22.5 Å². The van der Waals surface area contributed by atoms with Crippen LogP contribution in [0.3, 0.4) is 0 Å². The second-order valence-corrected chi connectivity index (χ2v) is 9.77. The van der Waals surface area contributed by atoms with Crippen LogP contribution >= 0.6 is 27.5 Å². The first-order chi connectivity index (χ1) is 14.8. The van der Waals surface area contributed by atoms with E-state index in [1.807, 2.05) is 31.2 Å². The van der Waals surface area contributed by atoms with Crippen LogP contribution in [0, 0.1) is 6.92 Å². The minimum Gasteiger partial charge on any atom is -0.271 e. The molecule has 0 aliphatic rings. The Bertz CT molecular complexity index is 1210. The fourth-order valence-corrected chi connectivity index (χ4v) is 4.69. The summed E-state index contributed by atoms with van der Waals surface area (Å²) in [6.45, 7) is 1.39. The lowest BCUT2D eigenvalue weighted by Gasteiger charge is -2.24. The summed E-state index contributed by atoms with van der Waals surface area (Å²) in [6, 6.07) is 20.1. The highest BCUT2D eigenvalue weighted by Gasteiger charge is 2.27. The van der Waals surface area contributed by atoms with Crippen LogP contribution in [0.1, 0.15) is 11.1 Å². The number of hydrogen-bond acceptors (Lipinski definition) is 4. The Balaban J connectivity index is 1.86. The van der Waals surface area contributed by atoms with Crippen LogP contribution in [0.15, 0.2) is 87.3 Å². The zero-order valence-electron chi connectivity index (χ0n) is 16.5. The van der Waals surface area contributed by atoms with Gasteiger partial charge in [0.25, 0.3) is 15.9 Å². The Morgan fingerprint density at radius 3 is 2.48 bits per heavy atom. The number of carbonyl (C=O) groups is 1. The van der Waals surface area contributed by atoms with Crippen LogP contribution in [0.5, 0.6) is 0 Å². The van der Waals surface area contributed by atoms with Crippen molar-refractivity contribution in [2.24, 2.45) is 5.10 Å². The molecule has 0 atom stereocenters. The van der Waals surface area contributed by atoms with Gasteiger partial charge in [-0.3, -0.25) is 9.10 Å². The van der Waals surface area contributed by atoms with Gasteiger partial charge in [-0.25, -0.2) is 13.8 Å². The maximum atomic E-state index is 13.3. The van der Waals surface area contributed by atoms with Gasteiger partial charge < -0.3 is 0 Å². The fourth-order valence-electron chi connectivity index (χ4n) is 2.70. The van der Waals surface area contributed by atoms with Crippen molar-refractivity contribution >= 4 is 55.4 Å². The number of nitrogens with zero attached hydrogens (tertiary/aromatic N) is 2. The van der Waals surface area contributed by atoms with E-state index in [1.165, 1.54) is 24.4 Å². The molecule has 0 aliphatic carbocycles. The number of hydrazone groups is 1. The molecule has 9 heteroatoms. The number of carbonyl (C=O) groups excluding carboxylic acids is 1. The first-order valence-corrected chi connectivity index (χ1v) is 11.8. The molecule has 6 nitrogen and oxygen atoms in total. The molecule has 0 heterocycles. The smallest absolute Gasteiger partial charge is 0.264 e. The van der Waals surface area contributed by atoms with E-state index in [9.17, 15) is 13.2 Å². The van der Waals surface area contributed by atoms with Crippen LogP contribution in [0.2, 0.25) is 5.02 Å². The molecule has 1 amide bonds. The lowest BCUT2D eigenvalue weighted by Crippen LogP contribution is -2.39. The molecule has 1 N–H and O–H groups in total. The summed E-state index contributed by atoms with van der Waals surface area (Å²) in [5.74, 6) is -0.598. The van der Waals surface area contributed by atoms with Gasteiger partial charge in [-0.05, 0) is 43.3 Å². The van der Waals surface area contributed by atoms with E-state index in [0.717, 1.165) is 19.9 Å². The van der Waals surface area contributed by atoms with Gasteiger partial charge >= 0.3 is 0 Å². The Labute approximate surface area is 194 Å². The molecule has 0 bridgehead atoms. The molecular formula is C22H19BrClN3O3S. The summed E-state index contributed by atoms with van der Waals surface area (Å²) < 4.78 is 28.4. The molecule has 31 heavy (non-hydrogen) atoms. The predicted molar refractivity (Wildman–Crippen MR) is 127 cm³/mol. The van der Waals surface area contributed by atoms with E-state index in [-0.39, 0.29) is 10.6 Å². The van der Waals surface area contributed by atoms with Crippen molar-refractivity contribution in [3.8, 4) is 0 Å². The number of anilines is 1. The first kappa shape index (κ1) is 23.0. The van der Waals surface area contributed by atoms with Crippen LogP contribution < -0.4 is 9.73 Å². The SMILES string of the molecule is Cc1ccc(S(=O)(=O)N(CC(=O)N/N=C/c2ccccc2Br)c2cccc(Cl)c2)cc1. The van der Waals surface area contributed by atoms with Crippen molar-refractivity contribution < 1.29 is 13.2 Å². The summed E-state index contributed by atoms with van der Waals surface area (Å²) in [7, 11) is -4.01. The molecular weight excluding hydrogens is 502 g/mol. The molecule has 0 fully saturated rings. The van der Waals surface area contributed by atoms with Gasteiger partial charge in [0.2, 0.25) is 0 Å². The number of hydrogen-bond donors (Lipinski definition) is 1. The van der Waals surface area contributed by atoms with E-state index in [0.29, 0.717) is 5.02 Å². The zero-order valence-corrected chi connectivity index (χ0v) is 19.7. The quantitative estimate of drug-likeness (QED) is 0.360. The van der Waals surface area contributed by atoms with Crippen molar-refractivity contribution in [2.45, 2.75) is 11.8 Å². The molecule has 3 aromatic rings. The van der Waals surface area contributed by atoms with Gasteiger partial charge in [-0.2, -0.15) is 5.10 Å². The highest BCUT2D eigenvalue weighted by atomic mass is 79.9. The van der Waals surface area contributed by atoms with E-state index in [4.69, 9.17) is 11.6 Å². The van der Waals surface area contributed by atoms with Crippen molar-refractivity contribution in [3.05, 3.63) is 93.4 Å². The third kappa shape index (κ3) is 5.94. The van der Waals surface area contributed by atoms with Crippen LogP contribution in [0.4, 0.5) is 5.69 Å². The van der Waals surface area contributed by atoms with Crippen molar-refractivity contribution in [1.82, 2.24) is 5.43 Å². The number of benzene rings is 3. The van der Waals surface area contributed by atoms with E-state index in [1.54, 1.807) is 30.3 Å². The molecule has 160 valence electrons. The molecule has 0 saturated heterocycles. The highest BCUT2D eigenvalue weighted by Crippen LogP contribution is 2.26. The molecule has 0 aliphatic heterocycles. The molecule has 3 aromatic carbocycles. The van der Waals surface area contributed by atoms with Crippen LogP contribution in [0.25, 0.3) is 0 Å². The van der Waals surface area contributed by atoms with Gasteiger partial charge in [-0.15, -0.1) is 0 Å². The minimum atomic E-state index is -4.01. The molecule has 0 radical (unpaired) electrons. The predicted octanol–water partition coefficient (Wildman–Crippen LogP) is 4.76. The lowest BCUT2D eigenvalue weighted by molar-refractivity contribution is -0.119. The van der Waals surface area contributed by atoms with Gasteiger partial charge in [-0.1, -0.05) is 69.5 Å². The fraction of sp³-hybridized carbons (Fsp3) is 0.0909. The summed E-state index contributed by atoms with van der Waals surface area (Å²) >= 11 is 9.45. The largest absolute Gasteiger partial charge is 0.271 e. The molecule has 0 spiro atoms. The van der Waals surface area contributed by atoms with Gasteiger partial charge in [0.05, 0.1) is 16.8 Å². The van der Waals surface area contributed by atoms with Gasteiger partial charge in [0.1, 0.15) is 6.54 Å². The Kier molecular flexibility index (Phi) is 7.48. The molecule has 3 rings (SSSR count). The van der Waals surface area contributed by atoms with E-state index >= 15 is 0 Å². The summed E-state index contributed by atoms with van der Waals surface area (Å²) in [5, 5.41) is 4.29. The number of halogens is 2. The number of amides is 1. The third-order valence-electron chi connectivity index (χ3n) is 4.29. The monoisotopic (exact) mass is 519 g/mol. The summed E-state index contributed by atoms with van der Waals surface area (Å²) in [5.41, 5.74) is 4.34. The zero-order chi connectivity index (χ0) is 22.4. The average Bonchev–Trinajstić information content (AvgIpc) is 2.73. The Hall–Kier alpha value is -2.68. The molecule has 0 unspecified atom stereocenters. The maximum Gasteiger partial charge on any atom is 0.264 e. The van der Waals surface area contributed by atoms with E-state index in [2.05, 4.69) is 26.5 Å². The number of rotatable bonds is 7. The lowest BCUT2D eigenvalue weighted by atomic mass is 10.2. The second-order valence-electron chi connectivity index (χ2n) is 6.62. The molecule has 0 aromatic heterocycles. The Morgan fingerprint density at radius 2 is 1.81 bits per heavy atom. The van der Waals surface area contributed by atoms with Crippen molar-refractivity contribution in [2.75, 3.05) is 10.8 Å². The molecule has 0 saturated carbocycles. The number of aryl methyl sites for hydroxylation is 1. The topological polar surface area (TPSA) is 78.8 Å². The first-order valence-electron chi connectivity index (χ1n) is 9.19. The van der Waals surface area contributed by atoms with Gasteiger partial charge in [0, 0.05) is 15.1 Å². The Morgan fingerprint density at radius 1 is 1.10 bits per heavy atom. The van der Waals surface area contributed by atoms with Gasteiger partial charge in [0.15, 0.2) is 0 Å².